The molecule has 6 atom stereocenters. The standard InChI is InChI=1S/C20H33O2/c1-16(2)13-7-9-18(16,5)15(11-13)22-20(21)12-14-8-10-19(20,6)17(14,3)4/h13-15H,7-12H2,1-6H3. The zero-order valence-corrected chi connectivity index (χ0v) is 15.3. The Morgan fingerprint density at radius 2 is 1.50 bits per heavy atom. The molecule has 22 heavy (non-hydrogen) atoms. The van der Waals surface area contributed by atoms with Gasteiger partial charge in [-0.25, -0.2) is 0 Å². The molecule has 0 spiro atoms. The first-order valence-corrected chi connectivity index (χ1v) is 9.36. The van der Waals surface area contributed by atoms with Gasteiger partial charge in [-0.3, -0.25) is 0 Å². The molecule has 0 aromatic carbocycles. The van der Waals surface area contributed by atoms with Gasteiger partial charge >= 0.3 is 0 Å². The Morgan fingerprint density at radius 3 is 1.91 bits per heavy atom. The highest BCUT2D eigenvalue weighted by Crippen LogP contribution is 2.72. The van der Waals surface area contributed by atoms with Crippen molar-refractivity contribution in [2.24, 2.45) is 33.5 Å². The molecule has 2 heteroatoms. The van der Waals surface area contributed by atoms with Crippen LogP contribution in [0.25, 0.3) is 0 Å². The van der Waals surface area contributed by atoms with Crippen molar-refractivity contribution < 1.29 is 9.84 Å². The van der Waals surface area contributed by atoms with Gasteiger partial charge in [0.05, 0.1) is 6.10 Å². The number of fused-ring (bicyclic) bond motifs is 4. The van der Waals surface area contributed by atoms with Gasteiger partial charge in [-0.05, 0) is 60.2 Å². The molecular weight excluding hydrogens is 272 g/mol. The Hall–Kier alpha value is -0.0800. The largest absolute Gasteiger partial charge is 0.343 e. The van der Waals surface area contributed by atoms with Gasteiger partial charge in [-0.2, -0.15) is 5.11 Å². The summed E-state index contributed by atoms with van der Waals surface area (Å²) in [5.74, 6) is 0.133. The monoisotopic (exact) mass is 305 g/mol. The Kier molecular flexibility index (Phi) is 2.76. The van der Waals surface area contributed by atoms with Gasteiger partial charge in [0.15, 0.2) is 0 Å². The van der Waals surface area contributed by atoms with Crippen LogP contribution in [0.3, 0.4) is 0 Å². The van der Waals surface area contributed by atoms with Crippen LogP contribution in [0.2, 0.25) is 0 Å². The van der Waals surface area contributed by atoms with E-state index in [1.807, 2.05) is 0 Å². The molecule has 0 aliphatic heterocycles. The molecule has 0 amide bonds. The summed E-state index contributed by atoms with van der Waals surface area (Å²) in [7, 11) is 0. The third-order valence-electron chi connectivity index (χ3n) is 9.84. The quantitative estimate of drug-likeness (QED) is 0.645. The number of hydrogen-bond acceptors (Lipinski definition) is 1. The van der Waals surface area contributed by atoms with Crippen LogP contribution in [0.4, 0.5) is 0 Å². The predicted molar refractivity (Wildman–Crippen MR) is 86.7 cm³/mol. The molecule has 0 aromatic rings. The molecule has 4 fully saturated rings. The van der Waals surface area contributed by atoms with E-state index in [-0.39, 0.29) is 22.3 Å². The molecule has 0 heterocycles. The molecule has 4 aliphatic rings. The van der Waals surface area contributed by atoms with Gasteiger partial charge in [0.2, 0.25) is 5.79 Å². The van der Waals surface area contributed by atoms with Crippen molar-refractivity contribution >= 4 is 0 Å². The molecule has 125 valence electrons. The molecule has 0 aromatic heterocycles. The molecule has 4 rings (SSSR count). The minimum atomic E-state index is -1.16. The van der Waals surface area contributed by atoms with Gasteiger partial charge < -0.3 is 4.74 Å². The lowest BCUT2D eigenvalue weighted by Gasteiger charge is -2.47. The van der Waals surface area contributed by atoms with E-state index in [4.69, 9.17) is 4.74 Å². The molecule has 0 saturated heterocycles. The first-order valence-electron chi connectivity index (χ1n) is 9.36. The lowest BCUT2D eigenvalue weighted by atomic mass is 9.67. The second kappa shape index (κ2) is 3.94. The van der Waals surface area contributed by atoms with Crippen LogP contribution >= 0.6 is 0 Å². The zero-order valence-electron chi connectivity index (χ0n) is 15.3. The Morgan fingerprint density at radius 1 is 0.864 bits per heavy atom. The smallest absolute Gasteiger partial charge is 0.208 e. The third kappa shape index (κ3) is 1.42. The fourth-order valence-corrected chi connectivity index (χ4v) is 6.90. The zero-order chi connectivity index (χ0) is 16.2. The van der Waals surface area contributed by atoms with Crippen LogP contribution in [0, 0.1) is 33.5 Å². The van der Waals surface area contributed by atoms with Crippen molar-refractivity contribution in [1.82, 2.24) is 0 Å². The molecular formula is C20H33O2. The minimum Gasteiger partial charge on any atom is -0.343 e. The normalized spacial score (nSPS) is 57.7. The second-order valence-electron chi connectivity index (χ2n) is 10.5. The molecule has 2 nitrogen and oxygen atoms in total. The van der Waals surface area contributed by atoms with Gasteiger partial charge in [-0.15, -0.1) is 0 Å². The maximum Gasteiger partial charge on any atom is 0.208 e. The summed E-state index contributed by atoms with van der Waals surface area (Å²) in [6, 6.07) is 0. The third-order valence-corrected chi connectivity index (χ3v) is 9.84. The second-order valence-corrected chi connectivity index (χ2v) is 10.5. The predicted octanol–water partition coefficient (Wildman–Crippen LogP) is 5.19. The van der Waals surface area contributed by atoms with Crippen molar-refractivity contribution in [2.45, 2.75) is 92.0 Å². The maximum atomic E-state index is 13.8. The van der Waals surface area contributed by atoms with Crippen LogP contribution < -0.4 is 0 Å². The molecule has 0 N–H and O–H groups in total. The van der Waals surface area contributed by atoms with Gasteiger partial charge in [0.25, 0.3) is 0 Å². The van der Waals surface area contributed by atoms with Gasteiger partial charge in [0, 0.05) is 11.8 Å². The molecule has 6 unspecified atom stereocenters. The lowest BCUT2D eigenvalue weighted by Crippen LogP contribution is -2.52. The summed E-state index contributed by atoms with van der Waals surface area (Å²) in [6.45, 7) is 14.0. The fraction of sp³-hybridized carbons (Fsp3) is 1.00. The summed E-state index contributed by atoms with van der Waals surface area (Å²) in [5, 5.41) is 13.8. The summed E-state index contributed by atoms with van der Waals surface area (Å²) < 4.78 is 6.55. The van der Waals surface area contributed by atoms with E-state index >= 15 is 0 Å². The Balaban J connectivity index is 1.63. The summed E-state index contributed by atoms with van der Waals surface area (Å²) in [6.07, 6.45) is 6.82. The summed E-state index contributed by atoms with van der Waals surface area (Å²) in [4.78, 5) is 0. The van der Waals surface area contributed by atoms with Crippen molar-refractivity contribution in [3.8, 4) is 0 Å². The van der Waals surface area contributed by atoms with Crippen LogP contribution in [0.5, 0.6) is 0 Å². The molecule has 1 radical (unpaired) electrons. The van der Waals surface area contributed by atoms with Crippen LogP contribution in [-0.2, 0) is 9.84 Å². The number of ether oxygens (including phenoxy) is 1. The van der Waals surface area contributed by atoms with Crippen LogP contribution in [-0.4, -0.2) is 11.9 Å². The van der Waals surface area contributed by atoms with E-state index in [1.165, 1.54) is 19.3 Å². The SMILES string of the molecule is CC1(C)C2CCC1(C)C(OC1([O])CC3CCC1(C)C3(C)C)C2. The maximum absolute atomic E-state index is 13.8. The van der Waals surface area contributed by atoms with Gasteiger partial charge in [-0.1, -0.05) is 41.5 Å². The van der Waals surface area contributed by atoms with Crippen molar-refractivity contribution in [2.75, 3.05) is 0 Å². The van der Waals surface area contributed by atoms with E-state index in [0.717, 1.165) is 25.2 Å². The minimum absolute atomic E-state index is 0.128. The van der Waals surface area contributed by atoms with E-state index in [2.05, 4.69) is 41.5 Å². The average molecular weight is 305 g/mol. The van der Waals surface area contributed by atoms with Gasteiger partial charge in [0.1, 0.15) is 0 Å². The highest BCUT2D eigenvalue weighted by Gasteiger charge is 2.73. The number of hydrogen-bond donors (Lipinski definition) is 0. The highest BCUT2D eigenvalue weighted by atomic mass is 16.6. The highest BCUT2D eigenvalue weighted by molar-refractivity contribution is 5.17. The van der Waals surface area contributed by atoms with Crippen molar-refractivity contribution in [3.63, 3.8) is 0 Å². The van der Waals surface area contributed by atoms with Crippen LogP contribution in [0.1, 0.15) is 80.1 Å². The Bertz CT molecular complexity index is 510. The first-order chi connectivity index (χ1) is 9.98. The van der Waals surface area contributed by atoms with Crippen molar-refractivity contribution in [1.29, 1.82) is 0 Å². The summed E-state index contributed by atoms with van der Waals surface area (Å²) >= 11 is 0. The first kappa shape index (κ1) is 15.4. The molecule has 4 bridgehead atoms. The van der Waals surface area contributed by atoms with E-state index in [1.54, 1.807) is 0 Å². The average Bonchev–Trinajstić information content (AvgIpc) is 2.89. The van der Waals surface area contributed by atoms with E-state index in [0.29, 0.717) is 11.3 Å². The lowest BCUT2D eigenvalue weighted by molar-refractivity contribution is -0.334. The Labute approximate surface area is 136 Å². The fourth-order valence-electron chi connectivity index (χ4n) is 6.90. The summed E-state index contributed by atoms with van der Waals surface area (Å²) in [5.41, 5.74) is 0.440. The van der Waals surface area contributed by atoms with Crippen molar-refractivity contribution in [3.05, 3.63) is 0 Å². The molecule has 4 aliphatic carbocycles. The van der Waals surface area contributed by atoms with E-state index in [9.17, 15) is 5.11 Å². The number of rotatable bonds is 2. The topological polar surface area (TPSA) is 29.1 Å². The molecule has 4 saturated carbocycles. The van der Waals surface area contributed by atoms with E-state index < -0.39 is 5.79 Å². The van der Waals surface area contributed by atoms with Crippen LogP contribution in [0.15, 0.2) is 0 Å².